The molecule has 0 aromatic carbocycles. The van der Waals surface area contributed by atoms with Crippen molar-refractivity contribution < 1.29 is 27.7 Å². The van der Waals surface area contributed by atoms with E-state index < -0.39 is 17.8 Å². The number of hydrogen-bond acceptors (Lipinski definition) is 4. The summed E-state index contributed by atoms with van der Waals surface area (Å²) < 4.78 is 17.3. The van der Waals surface area contributed by atoms with Gasteiger partial charge in [-0.2, -0.15) is 0 Å². The van der Waals surface area contributed by atoms with Gasteiger partial charge in [0.2, 0.25) is 0 Å². The monoisotopic (exact) mass is 258 g/mol. The van der Waals surface area contributed by atoms with Crippen LogP contribution in [0.1, 0.15) is 34.1 Å². The van der Waals surface area contributed by atoms with Crippen LogP contribution in [-0.4, -0.2) is 23.4 Å². The van der Waals surface area contributed by atoms with E-state index in [2.05, 4.69) is 19.6 Å². The first-order valence-electron chi connectivity index (χ1n) is 5.26. The predicted molar refractivity (Wildman–Crippen MR) is 57.9 cm³/mol. The summed E-state index contributed by atoms with van der Waals surface area (Å²) in [6.07, 6.45) is 0.920. The molecule has 0 heterocycles. The Bertz CT molecular complexity index is 129. The molecule has 1 unspecified atom stereocenters. The Kier molecular flexibility index (Phi) is 8.69. The van der Waals surface area contributed by atoms with Crippen molar-refractivity contribution in [1.82, 2.24) is 0 Å². The molecular weight excluding hydrogens is 236 g/mol. The van der Waals surface area contributed by atoms with E-state index in [9.17, 15) is 0 Å². The van der Waals surface area contributed by atoms with Crippen molar-refractivity contribution in [2.75, 3.05) is 19.8 Å². The van der Waals surface area contributed by atoms with Crippen molar-refractivity contribution in [2.45, 2.75) is 37.7 Å². The van der Waals surface area contributed by atoms with Crippen LogP contribution in [0.15, 0.2) is 0 Å². The summed E-state index contributed by atoms with van der Waals surface area (Å²) in [6.45, 7) is 9.89. The second kappa shape index (κ2) is 8.14. The van der Waals surface area contributed by atoms with Gasteiger partial charge >= 0.3 is 97.8 Å². The van der Waals surface area contributed by atoms with Gasteiger partial charge in [-0.1, -0.05) is 0 Å². The molecule has 3 nitrogen and oxygen atoms in total. The zero-order valence-electron chi connectivity index (χ0n) is 9.58. The van der Waals surface area contributed by atoms with Gasteiger partial charge in [0.15, 0.2) is 0 Å². The quantitative estimate of drug-likeness (QED) is 0.536. The van der Waals surface area contributed by atoms with E-state index >= 15 is 0 Å². The topological polar surface area (TPSA) is 27.7 Å². The summed E-state index contributed by atoms with van der Waals surface area (Å²) in [7, 11) is 0. The molecule has 0 aliphatic carbocycles. The SMILES string of the molecule is CC[O][Ti]([O]CC)([O]CC)[CH](S)CC. The van der Waals surface area contributed by atoms with E-state index in [0.717, 1.165) is 6.42 Å². The standard InChI is InChI=1S/C3H7S.3C2H5O.Ti/c1-2-3-4;3*1-2-3;/h3-4H,2H2,1H3;3*2H2,1H3;/q;3*-1;+3. The minimum atomic E-state index is -3.08. The van der Waals surface area contributed by atoms with Gasteiger partial charge in [-0.05, 0) is 0 Å². The van der Waals surface area contributed by atoms with Gasteiger partial charge < -0.3 is 0 Å². The predicted octanol–water partition coefficient (Wildman–Crippen LogP) is 2.66. The van der Waals surface area contributed by atoms with Crippen molar-refractivity contribution >= 4 is 12.6 Å². The molecule has 0 N–H and O–H groups in total. The maximum atomic E-state index is 5.73. The van der Waals surface area contributed by atoms with Crippen LogP contribution in [0.4, 0.5) is 0 Å². The molecule has 0 aromatic heterocycles. The number of rotatable bonds is 8. The second-order valence-electron chi connectivity index (χ2n) is 2.83. The van der Waals surface area contributed by atoms with Crippen LogP contribution in [0.5, 0.6) is 0 Å². The average Bonchev–Trinajstić information content (AvgIpc) is 2.17. The van der Waals surface area contributed by atoms with Crippen LogP contribution in [0.25, 0.3) is 0 Å². The summed E-state index contributed by atoms with van der Waals surface area (Å²) >= 11 is 1.44. The van der Waals surface area contributed by atoms with E-state index in [1.165, 1.54) is 0 Å². The first-order valence-corrected chi connectivity index (χ1v) is 8.59. The Balaban J connectivity index is 4.53. The molecule has 86 valence electrons. The fourth-order valence-corrected chi connectivity index (χ4v) is 6.15. The van der Waals surface area contributed by atoms with Gasteiger partial charge in [-0.15, -0.1) is 0 Å². The zero-order chi connectivity index (χ0) is 11.0. The molecule has 0 rings (SSSR count). The van der Waals surface area contributed by atoms with Crippen molar-refractivity contribution in [3.8, 4) is 0 Å². The van der Waals surface area contributed by atoms with Crippen molar-refractivity contribution in [3.05, 3.63) is 0 Å². The van der Waals surface area contributed by atoms with Gasteiger partial charge in [0, 0.05) is 0 Å². The summed E-state index contributed by atoms with van der Waals surface area (Å²) in [5, 5.41) is 0. The summed E-state index contributed by atoms with van der Waals surface area (Å²) in [5.41, 5.74) is 0. The van der Waals surface area contributed by atoms with E-state index in [4.69, 9.17) is 9.96 Å². The Hall–Kier alpha value is 0.944. The minimum absolute atomic E-state index is 0.120. The van der Waals surface area contributed by atoms with Gasteiger partial charge in [0.05, 0.1) is 0 Å². The molecule has 0 aliphatic rings. The van der Waals surface area contributed by atoms with Gasteiger partial charge in [0.25, 0.3) is 0 Å². The van der Waals surface area contributed by atoms with Crippen molar-refractivity contribution in [2.24, 2.45) is 0 Å². The molecule has 0 fully saturated rings. The molecule has 0 aromatic rings. The van der Waals surface area contributed by atoms with E-state index in [1.807, 2.05) is 20.8 Å². The molecule has 5 heteroatoms. The van der Waals surface area contributed by atoms with Crippen LogP contribution < -0.4 is 0 Å². The first-order chi connectivity index (χ1) is 6.66. The van der Waals surface area contributed by atoms with Gasteiger partial charge in [0.1, 0.15) is 0 Å². The Labute approximate surface area is 97.7 Å². The third kappa shape index (κ3) is 4.21. The Morgan fingerprint density at radius 3 is 1.50 bits per heavy atom. The molecular formula is C9H22O3STi. The summed E-state index contributed by atoms with van der Waals surface area (Å²) in [5.74, 6) is 0. The van der Waals surface area contributed by atoms with Gasteiger partial charge in [-0.3, -0.25) is 0 Å². The number of thiol groups is 1. The van der Waals surface area contributed by atoms with Crippen LogP contribution in [0, 0.1) is 0 Å². The molecule has 14 heavy (non-hydrogen) atoms. The first kappa shape index (κ1) is 14.9. The van der Waals surface area contributed by atoms with Crippen LogP contribution in [-0.2, 0) is 27.7 Å². The van der Waals surface area contributed by atoms with E-state index in [0.29, 0.717) is 19.8 Å². The third-order valence-electron chi connectivity index (χ3n) is 1.83. The normalized spacial score (nSPS) is 14.4. The van der Waals surface area contributed by atoms with E-state index in [-0.39, 0.29) is 3.55 Å². The zero-order valence-corrected chi connectivity index (χ0v) is 12.0. The molecule has 0 saturated heterocycles. The second-order valence-corrected chi connectivity index (χ2v) is 8.53. The fraction of sp³-hybridized carbons (Fsp3) is 1.00. The Morgan fingerprint density at radius 2 is 1.29 bits per heavy atom. The Morgan fingerprint density at radius 1 is 0.929 bits per heavy atom. The summed E-state index contributed by atoms with van der Waals surface area (Å²) in [4.78, 5) is 0. The fourth-order valence-electron chi connectivity index (χ4n) is 1.27. The van der Waals surface area contributed by atoms with Crippen molar-refractivity contribution in [3.63, 3.8) is 0 Å². The molecule has 0 spiro atoms. The molecule has 0 saturated carbocycles. The van der Waals surface area contributed by atoms with Crippen LogP contribution >= 0.6 is 12.6 Å². The van der Waals surface area contributed by atoms with Crippen LogP contribution in [0.2, 0.25) is 0 Å². The summed E-state index contributed by atoms with van der Waals surface area (Å²) in [6, 6.07) is 0. The molecule has 0 bridgehead atoms. The maximum absolute atomic E-state index is 5.73. The number of hydrogen-bond donors (Lipinski definition) is 1. The van der Waals surface area contributed by atoms with Crippen molar-refractivity contribution in [1.29, 1.82) is 0 Å². The molecule has 0 aliphatic heterocycles. The molecule has 0 amide bonds. The molecule has 1 atom stereocenters. The molecule has 0 radical (unpaired) electrons. The third-order valence-corrected chi connectivity index (χ3v) is 8.65. The van der Waals surface area contributed by atoms with E-state index in [1.54, 1.807) is 0 Å². The van der Waals surface area contributed by atoms with Crippen LogP contribution in [0.3, 0.4) is 0 Å². The average molecular weight is 258 g/mol. The van der Waals surface area contributed by atoms with Gasteiger partial charge in [-0.25, -0.2) is 0 Å².